The van der Waals surface area contributed by atoms with Crippen molar-refractivity contribution < 1.29 is 9.59 Å². The Labute approximate surface area is 120 Å². The van der Waals surface area contributed by atoms with Crippen LogP contribution in [0.1, 0.15) is 13.0 Å². The molecule has 9 heteroatoms. The first-order valence-electron chi connectivity index (χ1n) is 6.50. The highest BCUT2D eigenvalue weighted by Gasteiger charge is 2.36. The normalized spacial score (nSPS) is 16.7. The van der Waals surface area contributed by atoms with Gasteiger partial charge in [-0.05, 0) is 6.92 Å². The van der Waals surface area contributed by atoms with Crippen LogP contribution in [0.25, 0.3) is 11.2 Å². The van der Waals surface area contributed by atoms with E-state index in [1.807, 2.05) is 0 Å². The summed E-state index contributed by atoms with van der Waals surface area (Å²) in [6, 6.07) is -0.488. The molecule has 21 heavy (non-hydrogen) atoms. The molecule has 0 saturated carbocycles. The summed E-state index contributed by atoms with van der Waals surface area (Å²) in [5, 5.41) is 0. The van der Waals surface area contributed by atoms with E-state index in [2.05, 4.69) is 15.0 Å². The number of imidazole rings is 1. The number of rotatable bonds is 3. The largest absolute Gasteiger partial charge is 0.382 e. The van der Waals surface area contributed by atoms with E-state index in [4.69, 9.17) is 11.5 Å². The van der Waals surface area contributed by atoms with E-state index < -0.39 is 6.04 Å². The number of hydrogen-bond acceptors (Lipinski definition) is 6. The van der Waals surface area contributed by atoms with Crippen molar-refractivity contribution in [3.8, 4) is 0 Å². The third-order valence-corrected chi connectivity index (χ3v) is 3.76. The summed E-state index contributed by atoms with van der Waals surface area (Å²) in [6.45, 7) is 2.48. The van der Waals surface area contributed by atoms with E-state index in [1.54, 1.807) is 16.4 Å². The highest BCUT2D eigenvalue weighted by atomic mass is 16.2. The molecule has 1 aliphatic heterocycles. The highest BCUT2D eigenvalue weighted by Crippen LogP contribution is 2.23. The lowest BCUT2D eigenvalue weighted by Gasteiger charge is -2.38. The topological polar surface area (TPSA) is 133 Å². The van der Waals surface area contributed by atoms with Gasteiger partial charge < -0.3 is 20.9 Å². The van der Waals surface area contributed by atoms with Gasteiger partial charge in [-0.1, -0.05) is 0 Å². The fraction of sp³-hybridized carbons (Fsp3) is 0.417. The fourth-order valence-electron chi connectivity index (χ4n) is 2.38. The minimum Gasteiger partial charge on any atom is -0.382 e. The molecule has 0 aromatic carbocycles. The van der Waals surface area contributed by atoms with Crippen LogP contribution in [0.15, 0.2) is 12.7 Å². The van der Waals surface area contributed by atoms with Crippen molar-refractivity contribution in [3.63, 3.8) is 0 Å². The number of fused-ring (bicyclic) bond motifs is 1. The van der Waals surface area contributed by atoms with Crippen molar-refractivity contribution in [2.75, 3.05) is 18.8 Å². The summed E-state index contributed by atoms with van der Waals surface area (Å²) in [5.74, 6) is -0.459. The molecular weight excluding hydrogens is 274 g/mol. The number of amides is 2. The Bertz CT molecular complexity index is 719. The summed E-state index contributed by atoms with van der Waals surface area (Å²) in [6.07, 6.45) is 2.85. The third-order valence-electron chi connectivity index (χ3n) is 3.76. The lowest BCUT2D eigenvalue weighted by Crippen LogP contribution is -2.56. The van der Waals surface area contributed by atoms with Gasteiger partial charge in [-0.2, -0.15) is 0 Å². The summed E-state index contributed by atoms with van der Waals surface area (Å²) in [5.41, 5.74) is 11.9. The van der Waals surface area contributed by atoms with E-state index in [1.165, 1.54) is 12.7 Å². The van der Waals surface area contributed by atoms with E-state index in [9.17, 15) is 9.59 Å². The Hall–Kier alpha value is -2.71. The smallest absolute Gasteiger partial charge is 0.245 e. The van der Waals surface area contributed by atoms with Crippen LogP contribution in [0.5, 0.6) is 0 Å². The van der Waals surface area contributed by atoms with Crippen LogP contribution in [0.4, 0.5) is 5.82 Å². The van der Waals surface area contributed by atoms with Gasteiger partial charge in [0.05, 0.1) is 12.2 Å². The van der Waals surface area contributed by atoms with Crippen LogP contribution in [0, 0.1) is 5.92 Å². The van der Waals surface area contributed by atoms with Crippen LogP contribution in [-0.4, -0.2) is 49.3 Å². The number of nitrogens with zero attached hydrogens (tertiary/aromatic N) is 5. The maximum Gasteiger partial charge on any atom is 0.245 e. The van der Waals surface area contributed by atoms with Crippen molar-refractivity contribution in [2.45, 2.75) is 13.0 Å². The van der Waals surface area contributed by atoms with Crippen molar-refractivity contribution in [2.24, 2.45) is 11.7 Å². The number of carbonyl (C=O) groups is 2. The number of nitrogens with two attached hydrogens (primary N) is 2. The zero-order valence-electron chi connectivity index (χ0n) is 11.4. The number of anilines is 1. The van der Waals surface area contributed by atoms with Crippen LogP contribution >= 0.6 is 0 Å². The van der Waals surface area contributed by atoms with Crippen LogP contribution in [0.2, 0.25) is 0 Å². The molecule has 0 radical (unpaired) electrons. The summed E-state index contributed by atoms with van der Waals surface area (Å²) >= 11 is 0. The molecule has 1 fully saturated rings. The summed E-state index contributed by atoms with van der Waals surface area (Å²) in [7, 11) is 0. The molecule has 2 amide bonds. The summed E-state index contributed by atoms with van der Waals surface area (Å²) < 4.78 is 1.65. The highest BCUT2D eigenvalue weighted by molar-refractivity contribution is 5.87. The zero-order valence-corrected chi connectivity index (χ0v) is 11.4. The Morgan fingerprint density at radius 1 is 1.33 bits per heavy atom. The minimum absolute atomic E-state index is 0.107. The molecule has 0 aliphatic carbocycles. The van der Waals surface area contributed by atoms with Crippen molar-refractivity contribution in [1.29, 1.82) is 0 Å². The predicted octanol–water partition coefficient (Wildman–Crippen LogP) is -1.09. The van der Waals surface area contributed by atoms with E-state index in [-0.39, 0.29) is 23.6 Å². The molecule has 1 unspecified atom stereocenters. The minimum atomic E-state index is -0.488. The number of primary amides is 1. The van der Waals surface area contributed by atoms with Crippen molar-refractivity contribution in [1.82, 2.24) is 24.4 Å². The first-order chi connectivity index (χ1) is 9.99. The number of hydrogen-bond donors (Lipinski definition) is 2. The monoisotopic (exact) mass is 289 g/mol. The summed E-state index contributed by atoms with van der Waals surface area (Å²) in [4.78, 5) is 37.1. The second-order valence-corrected chi connectivity index (χ2v) is 5.10. The lowest BCUT2D eigenvalue weighted by atomic mass is 9.98. The maximum atomic E-state index is 12.4. The molecule has 1 atom stereocenters. The fourth-order valence-corrected chi connectivity index (χ4v) is 2.38. The van der Waals surface area contributed by atoms with Gasteiger partial charge in [0.1, 0.15) is 17.9 Å². The van der Waals surface area contributed by atoms with Crippen molar-refractivity contribution >= 4 is 28.8 Å². The molecule has 9 nitrogen and oxygen atoms in total. The van der Waals surface area contributed by atoms with Gasteiger partial charge in [-0.15, -0.1) is 0 Å². The first kappa shape index (κ1) is 13.3. The quantitative estimate of drug-likeness (QED) is 0.737. The molecule has 0 spiro atoms. The van der Waals surface area contributed by atoms with E-state index in [0.29, 0.717) is 24.3 Å². The number of carbonyl (C=O) groups excluding carboxylic acids is 2. The third kappa shape index (κ3) is 2.06. The molecule has 1 saturated heterocycles. The second kappa shape index (κ2) is 4.69. The second-order valence-electron chi connectivity index (χ2n) is 5.10. The zero-order chi connectivity index (χ0) is 15.1. The predicted molar refractivity (Wildman–Crippen MR) is 73.7 cm³/mol. The SMILES string of the molecule is CC(C(=O)N1CC(C(N)=O)C1)n1cnc2c(N)ncnc21. The van der Waals surface area contributed by atoms with E-state index in [0.717, 1.165) is 0 Å². The maximum absolute atomic E-state index is 12.4. The Balaban J connectivity index is 1.81. The first-order valence-corrected chi connectivity index (χ1v) is 6.50. The van der Waals surface area contributed by atoms with Gasteiger partial charge >= 0.3 is 0 Å². The van der Waals surface area contributed by atoms with Gasteiger partial charge in [-0.3, -0.25) is 9.59 Å². The van der Waals surface area contributed by atoms with Gasteiger partial charge in [-0.25, -0.2) is 15.0 Å². The molecule has 1 aliphatic rings. The van der Waals surface area contributed by atoms with E-state index >= 15 is 0 Å². The van der Waals surface area contributed by atoms with Gasteiger partial charge in [0.2, 0.25) is 11.8 Å². The molecule has 2 aromatic heterocycles. The van der Waals surface area contributed by atoms with Crippen LogP contribution in [-0.2, 0) is 9.59 Å². The van der Waals surface area contributed by atoms with Crippen LogP contribution in [0.3, 0.4) is 0 Å². The number of likely N-dealkylation sites (tertiary alicyclic amines) is 1. The molecule has 0 bridgehead atoms. The van der Waals surface area contributed by atoms with Crippen LogP contribution < -0.4 is 11.5 Å². The molecule has 2 aromatic rings. The molecule has 4 N–H and O–H groups in total. The van der Waals surface area contributed by atoms with Gasteiger partial charge in [0.25, 0.3) is 0 Å². The average Bonchev–Trinajstić information content (AvgIpc) is 2.80. The Morgan fingerprint density at radius 3 is 2.71 bits per heavy atom. The van der Waals surface area contributed by atoms with Crippen molar-refractivity contribution in [3.05, 3.63) is 12.7 Å². The molecule has 3 rings (SSSR count). The standard InChI is InChI=1S/C12H15N7O2/c1-6(12(21)18-2-7(3-18)10(14)20)19-5-17-8-9(13)15-4-16-11(8)19/h4-7H,2-3H2,1H3,(H2,14,20)(H2,13,15,16). The number of nitrogen functional groups attached to an aromatic ring is 1. The Kier molecular flexibility index (Phi) is 2.96. The Morgan fingerprint density at radius 2 is 2.05 bits per heavy atom. The number of aromatic nitrogens is 4. The molecule has 3 heterocycles. The van der Waals surface area contributed by atoms with Gasteiger partial charge in [0, 0.05) is 13.1 Å². The lowest BCUT2D eigenvalue weighted by molar-refractivity contribution is -0.144. The van der Waals surface area contributed by atoms with Gasteiger partial charge in [0.15, 0.2) is 11.5 Å². The molecular formula is C12H15N7O2. The average molecular weight is 289 g/mol. The molecule has 110 valence electrons.